The normalized spacial score (nSPS) is 15.7. The Morgan fingerprint density at radius 3 is 2.74 bits per heavy atom. The van der Waals surface area contributed by atoms with Crippen LogP contribution in [0, 0.1) is 0 Å². The molecular formula is C18H26N4O4S. The summed E-state index contributed by atoms with van der Waals surface area (Å²) in [4.78, 5) is 39.8. The van der Waals surface area contributed by atoms with Gasteiger partial charge in [0, 0.05) is 24.4 Å². The van der Waals surface area contributed by atoms with Crippen LogP contribution in [0.15, 0.2) is 9.59 Å². The lowest BCUT2D eigenvalue weighted by atomic mass is 9.94. The molecule has 0 spiro atoms. The van der Waals surface area contributed by atoms with Gasteiger partial charge in [-0.25, -0.2) is 4.79 Å². The van der Waals surface area contributed by atoms with E-state index < -0.39 is 11.2 Å². The van der Waals surface area contributed by atoms with Gasteiger partial charge in [0.15, 0.2) is 0 Å². The zero-order chi connectivity index (χ0) is 19.8. The monoisotopic (exact) mass is 394 g/mol. The molecule has 0 radical (unpaired) electrons. The molecule has 1 aliphatic heterocycles. The third kappa shape index (κ3) is 3.71. The number of aromatic nitrogens is 2. The smallest absolute Gasteiger partial charge is 0.332 e. The zero-order valence-corrected chi connectivity index (χ0v) is 16.8. The highest BCUT2D eigenvalue weighted by Gasteiger charge is 2.31. The topological polar surface area (TPSA) is 108 Å². The second kappa shape index (κ2) is 7.57. The van der Waals surface area contributed by atoms with Crippen molar-refractivity contribution in [2.24, 2.45) is 5.73 Å². The molecule has 0 aromatic carbocycles. The summed E-state index contributed by atoms with van der Waals surface area (Å²) in [6.45, 7) is 7.28. The van der Waals surface area contributed by atoms with Crippen LogP contribution in [0.25, 0.3) is 10.2 Å². The molecule has 3 N–H and O–H groups in total. The van der Waals surface area contributed by atoms with Crippen molar-refractivity contribution >= 4 is 27.5 Å². The van der Waals surface area contributed by atoms with Crippen LogP contribution in [0.2, 0.25) is 0 Å². The minimum atomic E-state index is -0.456. The lowest BCUT2D eigenvalue weighted by molar-refractivity contribution is -0.121. The molecule has 0 unspecified atom stereocenters. The SMILES string of the molecule is CCn1c(=O)n(CC(=O)NCCCN)c(=O)c2c3c(sc21)COC(C)(C)C3. The quantitative estimate of drug-likeness (QED) is 0.696. The summed E-state index contributed by atoms with van der Waals surface area (Å²) in [6.07, 6.45) is 1.24. The number of aryl methyl sites for hydroxylation is 1. The van der Waals surface area contributed by atoms with Crippen molar-refractivity contribution in [3.05, 3.63) is 31.3 Å². The molecule has 1 aliphatic rings. The first kappa shape index (κ1) is 19.8. The fourth-order valence-electron chi connectivity index (χ4n) is 3.35. The zero-order valence-electron chi connectivity index (χ0n) is 16.0. The molecule has 148 valence electrons. The van der Waals surface area contributed by atoms with Gasteiger partial charge in [0.2, 0.25) is 5.91 Å². The van der Waals surface area contributed by atoms with Crippen LogP contribution in [0.3, 0.4) is 0 Å². The molecule has 2 aromatic rings. The van der Waals surface area contributed by atoms with Gasteiger partial charge in [-0.3, -0.25) is 18.7 Å². The number of rotatable bonds is 6. The molecule has 9 heteroatoms. The van der Waals surface area contributed by atoms with Gasteiger partial charge in [-0.2, -0.15) is 0 Å². The average Bonchev–Trinajstić information content (AvgIpc) is 2.96. The maximum Gasteiger partial charge on any atom is 0.332 e. The third-order valence-electron chi connectivity index (χ3n) is 4.76. The molecule has 2 aromatic heterocycles. The highest BCUT2D eigenvalue weighted by molar-refractivity contribution is 7.18. The number of amides is 1. The summed E-state index contributed by atoms with van der Waals surface area (Å²) in [5.41, 5.74) is 5.14. The number of hydrogen-bond donors (Lipinski definition) is 2. The van der Waals surface area contributed by atoms with Crippen LogP contribution in [0.1, 0.15) is 37.6 Å². The number of carbonyl (C=O) groups excluding carboxylic acids is 1. The van der Waals surface area contributed by atoms with E-state index in [4.69, 9.17) is 10.5 Å². The number of hydrogen-bond acceptors (Lipinski definition) is 6. The summed E-state index contributed by atoms with van der Waals surface area (Å²) in [6, 6.07) is 0. The van der Waals surface area contributed by atoms with Crippen molar-refractivity contribution < 1.29 is 9.53 Å². The van der Waals surface area contributed by atoms with Crippen molar-refractivity contribution in [3.63, 3.8) is 0 Å². The van der Waals surface area contributed by atoms with Gasteiger partial charge in [0.05, 0.1) is 17.6 Å². The van der Waals surface area contributed by atoms with E-state index in [0.29, 0.717) is 49.3 Å². The highest BCUT2D eigenvalue weighted by Crippen LogP contribution is 2.37. The van der Waals surface area contributed by atoms with E-state index in [1.54, 1.807) is 4.57 Å². The fraction of sp³-hybridized carbons (Fsp3) is 0.611. The molecule has 1 amide bonds. The molecule has 0 bridgehead atoms. The lowest BCUT2D eigenvalue weighted by Crippen LogP contribution is -2.44. The Morgan fingerprint density at radius 1 is 1.33 bits per heavy atom. The van der Waals surface area contributed by atoms with Crippen LogP contribution in [0.4, 0.5) is 0 Å². The molecule has 3 heterocycles. The Bertz CT molecular complexity index is 986. The van der Waals surface area contributed by atoms with Crippen LogP contribution in [0.5, 0.6) is 0 Å². The van der Waals surface area contributed by atoms with E-state index >= 15 is 0 Å². The second-order valence-electron chi connectivity index (χ2n) is 7.32. The van der Waals surface area contributed by atoms with E-state index in [0.717, 1.165) is 15.0 Å². The highest BCUT2D eigenvalue weighted by atomic mass is 32.1. The fourth-order valence-corrected chi connectivity index (χ4v) is 4.63. The number of fused-ring (bicyclic) bond motifs is 3. The van der Waals surface area contributed by atoms with Crippen molar-refractivity contribution in [1.82, 2.24) is 14.5 Å². The van der Waals surface area contributed by atoms with E-state index in [1.165, 1.54) is 11.3 Å². The van der Waals surface area contributed by atoms with Crippen molar-refractivity contribution in [3.8, 4) is 0 Å². The largest absolute Gasteiger partial charge is 0.370 e. The molecule has 27 heavy (non-hydrogen) atoms. The van der Waals surface area contributed by atoms with Gasteiger partial charge < -0.3 is 15.8 Å². The first-order valence-electron chi connectivity index (χ1n) is 9.17. The molecule has 8 nitrogen and oxygen atoms in total. The Morgan fingerprint density at radius 2 is 2.07 bits per heavy atom. The first-order chi connectivity index (χ1) is 12.8. The summed E-state index contributed by atoms with van der Waals surface area (Å²) < 4.78 is 8.46. The minimum absolute atomic E-state index is 0.289. The summed E-state index contributed by atoms with van der Waals surface area (Å²) in [5.74, 6) is -0.364. The molecule has 3 rings (SSSR count). The van der Waals surface area contributed by atoms with Crippen molar-refractivity contribution in [1.29, 1.82) is 0 Å². The predicted octanol–water partition coefficient (Wildman–Crippen LogP) is 0.561. The maximum atomic E-state index is 13.1. The van der Waals surface area contributed by atoms with Gasteiger partial charge in [-0.15, -0.1) is 11.3 Å². The van der Waals surface area contributed by atoms with E-state index in [-0.39, 0.29) is 18.1 Å². The number of nitrogens with one attached hydrogen (secondary N) is 1. The molecular weight excluding hydrogens is 368 g/mol. The number of nitrogens with zero attached hydrogens (tertiary/aromatic N) is 2. The Kier molecular flexibility index (Phi) is 5.55. The Labute approximate surface area is 160 Å². The standard InChI is InChI=1S/C18H26N4O4S/c1-4-21-16-14(11-8-18(2,3)26-10-12(11)27-16)15(24)22(17(21)25)9-13(23)20-7-5-6-19/h4-10,19H2,1-3H3,(H,20,23). The number of ether oxygens (including phenoxy) is 1. The minimum Gasteiger partial charge on any atom is -0.370 e. The van der Waals surface area contributed by atoms with Gasteiger partial charge >= 0.3 is 5.69 Å². The van der Waals surface area contributed by atoms with Gasteiger partial charge in [0.25, 0.3) is 5.56 Å². The summed E-state index contributed by atoms with van der Waals surface area (Å²) >= 11 is 1.43. The van der Waals surface area contributed by atoms with Crippen molar-refractivity contribution in [2.75, 3.05) is 13.1 Å². The first-order valence-corrected chi connectivity index (χ1v) is 9.99. The van der Waals surface area contributed by atoms with E-state index in [1.807, 2.05) is 20.8 Å². The second-order valence-corrected chi connectivity index (χ2v) is 8.40. The van der Waals surface area contributed by atoms with Crippen LogP contribution < -0.4 is 22.3 Å². The number of thiophene rings is 1. The Balaban J connectivity index is 2.11. The number of nitrogens with two attached hydrogens (primary N) is 1. The Hall–Kier alpha value is -1.97. The molecule has 0 fully saturated rings. The molecule has 0 saturated carbocycles. The van der Waals surface area contributed by atoms with E-state index in [9.17, 15) is 14.4 Å². The number of carbonyl (C=O) groups is 1. The van der Waals surface area contributed by atoms with Crippen LogP contribution in [-0.4, -0.2) is 33.7 Å². The van der Waals surface area contributed by atoms with Gasteiger partial charge in [-0.05, 0) is 39.3 Å². The van der Waals surface area contributed by atoms with Gasteiger partial charge in [-0.1, -0.05) is 0 Å². The average molecular weight is 394 g/mol. The molecule has 0 aliphatic carbocycles. The third-order valence-corrected chi connectivity index (χ3v) is 5.98. The van der Waals surface area contributed by atoms with Crippen LogP contribution >= 0.6 is 11.3 Å². The predicted molar refractivity (Wildman–Crippen MR) is 105 cm³/mol. The molecule has 0 atom stereocenters. The maximum absolute atomic E-state index is 13.1. The lowest BCUT2D eigenvalue weighted by Gasteiger charge is -2.29. The van der Waals surface area contributed by atoms with Crippen LogP contribution in [-0.2, 0) is 35.6 Å². The van der Waals surface area contributed by atoms with Crippen molar-refractivity contribution in [2.45, 2.75) is 58.9 Å². The van der Waals surface area contributed by atoms with Gasteiger partial charge in [0.1, 0.15) is 11.4 Å². The summed E-state index contributed by atoms with van der Waals surface area (Å²) in [7, 11) is 0. The van der Waals surface area contributed by atoms with E-state index in [2.05, 4.69) is 5.32 Å². The molecule has 0 saturated heterocycles. The summed E-state index contributed by atoms with van der Waals surface area (Å²) in [5, 5.41) is 3.24.